The molecule has 0 aliphatic carbocycles. The van der Waals surface area contributed by atoms with Gasteiger partial charge in [0.1, 0.15) is 0 Å². The number of carbonyl (C=O) groups excluding carboxylic acids is 1. The van der Waals surface area contributed by atoms with Crippen molar-refractivity contribution in [2.24, 2.45) is 5.92 Å². The average Bonchev–Trinajstić information content (AvgIpc) is 2.46. The second kappa shape index (κ2) is 4.94. The fourth-order valence-corrected chi connectivity index (χ4v) is 1.61. The van der Waals surface area contributed by atoms with E-state index in [4.69, 9.17) is 14.2 Å². The molecule has 4 heteroatoms. The average molecular weight is 216 g/mol. The van der Waals surface area contributed by atoms with Crippen molar-refractivity contribution in [2.45, 2.75) is 46.0 Å². The Balaban J connectivity index is 2.35. The van der Waals surface area contributed by atoms with Crippen LogP contribution in [0.3, 0.4) is 0 Å². The van der Waals surface area contributed by atoms with Crippen LogP contribution in [0.5, 0.6) is 0 Å². The third-order valence-electron chi connectivity index (χ3n) is 2.46. The van der Waals surface area contributed by atoms with Gasteiger partial charge in [0.15, 0.2) is 5.79 Å². The Labute approximate surface area is 90.9 Å². The summed E-state index contributed by atoms with van der Waals surface area (Å²) in [6, 6.07) is 0. The van der Waals surface area contributed by atoms with Gasteiger partial charge in [0.05, 0.1) is 25.7 Å². The molecular formula is C11H20O4. The van der Waals surface area contributed by atoms with Crippen LogP contribution in [-0.4, -0.2) is 31.1 Å². The quantitative estimate of drug-likeness (QED) is 0.671. The molecule has 0 aromatic rings. The predicted molar refractivity (Wildman–Crippen MR) is 55.3 cm³/mol. The SMILES string of the molecule is CCOC(=O)C[C@H](C)[C@H]1COC(C)(C)O1. The standard InChI is InChI=1S/C11H20O4/c1-5-13-10(12)6-8(2)9-7-14-11(3,4)15-9/h8-9H,5-7H2,1-4H3/t8-,9+/m0/s1. The lowest BCUT2D eigenvalue weighted by Crippen LogP contribution is -2.27. The molecule has 0 unspecified atom stereocenters. The second-order valence-electron chi connectivity index (χ2n) is 4.35. The zero-order valence-corrected chi connectivity index (χ0v) is 9.91. The molecule has 15 heavy (non-hydrogen) atoms. The van der Waals surface area contributed by atoms with E-state index in [0.29, 0.717) is 19.6 Å². The van der Waals surface area contributed by atoms with E-state index >= 15 is 0 Å². The molecule has 1 aliphatic heterocycles. The lowest BCUT2D eigenvalue weighted by Gasteiger charge is -2.20. The zero-order valence-electron chi connectivity index (χ0n) is 9.91. The third-order valence-corrected chi connectivity index (χ3v) is 2.46. The number of carbonyl (C=O) groups is 1. The molecule has 4 nitrogen and oxygen atoms in total. The molecular weight excluding hydrogens is 196 g/mol. The highest BCUT2D eigenvalue weighted by molar-refractivity contribution is 5.69. The lowest BCUT2D eigenvalue weighted by molar-refractivity contribution is -0.152. The van der Waals surface area contributed by atoms with Crippen molar-refractivity contribution in [1.29, 1.82) is 0 Å². The molecule has 88 valence electrons. The molecule has 1 fully saturated rings. The van der Waals surface area contributed by atoms with Crippen LogP contribution in [0.2, 0.25) is 0 Å². The smallest absolute Gasteiger partial charge is 0.306 e. The van der Waals surface area contributed by atoms with Gasteiger partial charge in [-0.15, -0.1) is 0 Å². The molecule has 1 saturated heterocycles. The summed E-state index contributed by atoms with van der Waals surface area (Å²) in [6.45, 7) is 8.52. The van der Waals surface area contributed by atoms with Gasteiger partial charge in [-0.25, -0.2) is 0 Å². The molecule has 1 aliphatic rings. The highest BCUT2D eigenvalue weighted by Gasteiger charge is 2.36. The highest BCUT2D eigenvalue weighted by atomic mass is 16.7. The van der Waals surface area contributed by atoms with Crippen LogP contribution in [0.1, 0.15) is 34.1 Å². The lowest BCUT2D eigenvalue weighted by atomic mass is 10.0. The van der Waals surface area contributed by atoms with Crippen LogP contribution < -0.4 is 0 Å². The maximum atomic E-state index is 11.3. The van der Waals surface area contributed by atoms with Gasteiger partial charge in [0.2, 0.25) is 0 Å². The molecule has 0 bridgehead atoms. The van der Waals surface area contributed by atoms with Gasteiger partial charge in [-0.2, -0.15) is 0 Å². The number of ether oxygens (including phenoxy) is 3. The van der Waals surface area contributed by atoms with E-state index in [2.05, 4.69) is 0 Å². The normalized spacial score (nSPS) is 26.3. The van der Waals surface area contributed by atoms with Crippen LogP contribution in [0.4, 0.5) is 0 Å². The molecule has 0 N–H and O–H groups in total. The summed E-state index contributed by atoms with van der Waals surface area (Å²) in [7, 11) is 0. The Kier molecular flexibility index (Phi) is 4.11. The van der Waals surface area contributed by atoms with E-state index in [1.807, 2.05) is 20.8 Å². The molecule has 1 heterocycles. The van der Waals surface area contributed by atoms with Gasteiger partial charge in [0.25, 0.3) is 0 Å². The molecule has 0 aromatic carbocycles. The number of hydrogen-bond donors (Lipinski definition) is 0. The van der Waals surface area contributed by atoms with Crippen molar-refractivity contribution in [2.75, 3.05) is 13.2 Å². The third kappa shape index (κ3) is 3.80. The highest BCUT2D eigenvalue weighted by Crippen LogP contribution is 2.28. The van der Waals surface area contributed by atoms with Crippen LogP contribution in [0.25, 0.3) is 0 Å². The van der Waals surface area contributed by atoms with Crippen LogP contribution in [-0.2, 0) is 19.0 Å². The van der Waals surface area contributed by atoms with Crippen LogP contribution >= 0.6 is 0 Å². The topological polar surface area (TPSA) is 44.8 Å². The van der Waals surface area contributed by atoms with E-state index in [-0.39, 0.29) is 18.0 Å². The van der Waals surface area contributed by atoms with E-state index < -0.39 is 5.79 Å². The van der Waals surface area contributed by atoms with Crippen molar-refractivity contribution in [1.82, 2.24) is 0 Å². The van der Waals surface area contributed by atoms with Crippen molar-refractivity contribution in [3.63, 3.8) is 0 Å². The van der Waals surface area contributed by atoms with Crippen LogP contribution in [0, 0.1) is 5.92 Å². The fourth-order valence-electron chi connectivity index (χ4n) is 1.61. The van der Waals surface area contributed by atoms with Gasteiger partial charge < -0.3 is 14.2 Å². The number of rotatable bonds is 4. The second-order valence-corrected chi connectivity index (χ2v) is 4.35. The summed E-state index contributed by atoms with van der Waals surface area (Å²) in [5.41, 5.74) is 0. The molecule has 0 spiro atoms. The minimum Gasteiger partial charge on any atom is -0.466 e. The van der Waals surface area contributed by atoms with E-state index in [0.717, 1.165) is 0 Å². The van der Waals surface area contributed by atoms with E-state index in [1.165, 1.54) is 0 Å². The Morgan fingerprint density at radius 1 is 1.60 bits per heavy atom. The predicted octanol–water partition coefficient (Wildman–Crippen LogP) is 1.73. The Bertz CT molecular complexity index is 225. The summed E-state index contributed by atoms with van der Waals surface area (Å²) in [6.07, 6.45) is 0.377. The van der Waals surface area contributed by atoms with Crippen molar-refractivity contribution < 1.29 is 19.0 Å². The molecule has 0 saturated carbocycles. The van der Waals surface area contributed by atoms with Crippen molar-refractivity contribution >= 4 is 5.97 Å². The maximum absolute atomic E-state index is 11.3. The first-order chi connectivity index (χ1) is 6.94. The number of hydrogen-bond acceptors (Lipinski definition) is 4. The van der Waals surface area contributed by atoms with Crippen molar-refractivity contribution in [3.8, 4) is 0 Å². The summed E-state index contributed by atoms with van der Waals surface area (Å²) in [5.74, 6) is -0.558. The Morgan fingerprint density at radius 2 is 2.27 bits per heavy atom. The summed E-state index contributed by atoms with van der Waals surface area (Å²) < 4.78 is 16.0. The summed E-state index contributed by atoms with van der Waals surface area (Å²) >= 11 is 0. The fraction of sp³-hybridized carbons (Fsp3) is 0.909. The van der Waals surface area contributed by atoms with Gasteiger partial charge >= 0.3 is 5.97 Å². The first-order valence-corrected chi connectivity index (χ1v) is 5.42. The Morgan fingerprint density at radius 3 is 2.73 bits per heavy atom. The monoisotopic (exact) mass is 216 g/mol. The van der Waals surface area contributed by atoms with Gasteiger partial charge in [0, 0.05) is 0 Å². The minimum atomic E-state index is -0.520. The first-order valence-electron chi connectivity index (χ1n) is 5.42. The summed E-state index contributed by atoms with van der Waals surface area (Å²) in [4.78, 5) is 11.3. The molecule has 0 amide bonds. The van der Waals surface area contributed by atoms with E-state index in [1.54, 1.807) is 6.92 Å². The van der Waals surface area contributed by atoms with Gasteiger partial charge in [-0.3, -0.25) is 4.79 Å². The van der Waals surface area contributed by atoms with Gasteiger partial charge in [-0.05, 0) is 26.7 Å². The van der Waals surface area contributed by atoms with Crippen LogP contribution in [0.15, 0.2) is 0 Å². The number of esters is 1. The summed E-state index contributed by atoms with van der Waals surface area (Å²) in [5, 5.41) is 0. The van der Waals surface area contributed by atoms with E-state index in [9.17, 15) is 4.79 Å². The zero-order chi connectivity index (χ0) is 11.5. The molecule has 0 radical (unpaired) electrons. The molecule has 0 aromatic heterocycles. The Hall–Kier alpha value is -0.610. The first kappa shape index (κ1) is 12.5. The maximum Gasteiger partial charge on any atom is 0.306 e. The molecule has 2 atom stereocenters. The molecule has 1 rings (SSSR count). The van der Waals surface area contributed by atoms with Gasteiger partial charge in [-0.1, -0.05) is 6.92 Å². The largest absolute Gasteiger partial charge is 0.466 e. The minimum absolute atomic E-state index is 0.00981. The van der Waals surface area contributed by atoms with Crippen molar-refractivity contribution in [3.05, 3.63) is 0 Å².